The van der Waals surface area contributed by atoms with Gasteiger partial charge in [0, 0.05) is 12.2 Å². The number of carbonyl (C=O) groups is 2. The minimum atomic E-state index is -1.01. The molecule has 0 fully saturated rings. The Morgan fingerprint density at radius 1 is 1.32 bits per heavy atom. The quantitative estimate of drug-likeness (QED) is 0.691. The first kappa shape index (κ1) is 15.0. The first-order chi connectivity index (χ1) is 8.99. The standard InChI is InChI=1S/C14H20N2O3/c1-10(2)5-4-8-15-14(19)16-12-7-3-6-11(9-12)13(17)18/h3,6-7,9-10H,4-5,8H2,1-2H3,(H,17,18)(H2,15,16,19). The predicted octanol–water partition coefficient (Wildman–Crippen LogP) is 2.94. The minimum Gasteiger partial charge on any atom is -0.478 e. The van der Waals surface area contributed by atoms with Gasteiger partial charge in [0.25, 0.3) is 0 Å². The molecule has 3 N–H and O–H groups in total. The van der Waals surface area contributed by atoms with E-state index in [1.807, 2.05) is 0 Å². The van der Waals surface area contributed by atoms with Crippen LogP contribution in [0.2, 0.25) is 0 Å². The lowest BCUT2D eigenvalue weighted by molar-refractivity contribution is 0.0697. The maximum atomic E-state index is 11.6. The highest BCUT2D eigenvalue weighted by atomic mass is 16.4. The number of hydrogen-bond acceptors (Lipinski definition) is 2. The third-order valence-corrected chi connectivity index (χ3v) is 2.61. The molecule has 1 aromatic rings. The van der Waals surface area contributed by atoms with E-state index < -0.39 is 5.97 Å². The van der Waals surface area contributed by atoms with Crippen LogP contribution >= 0.6 is 0 Å². The van der Waals surface area contributed by atoms with Crippen LogP contribution in [0.4, 0.5) is 10.5 Å². The van der Waals surface area contributed by atoms with Crippen LogP contribution < -0.4 is 10.6 Å². The van der Waals surface area contributed by atoms with Gasteiger partial charge in [-0.25, -0.2) is 9.59 Å². The van der Waals surface area contributed by atoms with Gasteiger partial charge in [0.15, 0.2) is 0 Å². The molecule has 0 saturated carbocycles. The van der Waals surface area contributed by atoms with Crippen LogP contribution in [0.1, 0.15) is 37.0 Å². The number of carbonyl (C=O) groups excluding carboxylic acids is 1. The van der Waals surface area contributed by atoms with Crippen molar-refractivity contribution in [3.63, 3.8) is 0 Å². The van der Waals surface area contributed by atoms with Gasteiger partial charge in [-0.3, -0.25) is 0 Å². The molecule has 0 radical (unpaired) electrons. The Morgan fingerprint density at radius 2 is 2.05 bits per heavy atom. The minimum absolute atomic E-state index is 0.151. The highest BCUT2D eigenvalue weighted by molar-refractivity contribution is 5.93. The second kappa shape index (κ2) is 7.41. The zero-order valence-corrected chi connectivity index (χ0v) is 11.3. The van der Waals surface area contributed by atoms with Crippen LogP contribution in [0.3, 0.4) is 0 Å². The van der Waals surface area contributed by atoms with Gasteiger partial charge < -0.3 is 15.7 Å². The van der Waals surface area contributed by atoms with Gasteiger partial charge in [0.05, 0.1) is 5.56 Å². The Labute approximate surface area is 113 Å². The van der Waals surface area contributed by atoms with E-state index in [4.69, 9.17) is 5.11 Å². The van der Waals surface area contributed by atoms with Crippen LogP contribution in [0.15, 0.2) is 24.3 Å². The number of rotatable bonds is 6. The predicted molar refractivity (Wildman–Crippen MR) is 74.5 cm³/mol. The molecule has 0 heterocycles. The normalized spacial score (nSPS) is 10.3. The number of benzene rings is 1. The third kappa shape index (κ3) is 5.90. The molecule has 0 atom stereocenters. The van der Waals surface area contributed by atoms with E-state index in [9.17, 15) is 9.59 Å². The molecule has 0 aliphatic carbocycles. The fourth-order valence-corrected chi connectivity index (χ4v) is 1.62. The fraction of sp³-hybridized carbons (Fsp3) is 0.429. The summed E-state index contributed by atoms with van der Waals surface area (Å²) in [5.74, 6) is -0.391. The van der Waals surface area contributed by atoms with E-state index in [1.54, 1.807) is 12.1 Å². The molecule has 0 aliphatic heterocycles. The third-order valence-electron chi connectivity index (χ3n) is 2.61. The Hall–Kier alpha value is -2.04. The first-order valence-corrected chi connectivity index (χ1v) is 6.37. The second-order valence-electron chi connectivity index (χ2n) is 4.80. The van der Waals surface area contributed by atoms with E-state index in [2.05, 4.69) is 24.5 Å². The number of nitrogens with one attached hydrogen (secondary N) is 2. The van der Waals surface area contributed by atoms with Crippen molar-refractivity contribution < 1.29 is 14.7 Å². The van der Waals surface area contributed by atoms with Crippen LogP contribution in [-0.4, -0.2) is 23.7 Å². The van der Waals surface area contributed by atoms with Crippen molar-refractivity contribution in [1.29, 1.82) is 0 Å². The lowest BCUT2D eigenvalue weighted by Crippen LogP contribution is -2.29. The Bertz CT molecular complexity index is 444. The number of carboxylic acid groups (broad SMARTS) is 1. The monoisotopic (exact) mass is 264 g/mol. The van der Waals surface area contributed by atoms with E-state index in [-0.39, 0.29) is 11.6 Å². The van der Waals surface area contributed by atoms with Crippen molar-refractivity contribution in [2.24, 2.45) is 5.92 Å². The molecule has 1 aromatic carbocycles. The summed E-state index contributed by atoms with van der Waals surface area (Å²) >= 11 is 0. The number of urea groups is 1. The van der Waals surface area contributed by atoms with E-state index in [0.29, 0.717) is 18.2 Å². The summed E-state index contributed by atoms with van der Waals surface area (Å²) in [7, 11) is 0. The molecular weight excluding hydrogens is 244 g/mol. The lowest BCUT2D eigenvalue weighted by atomic mass is 10.1. The average molecular weight is 264 g/mol. The highest BCUT2D eigenvalue weighted by Crippen LogP contribution is 2.10. The summed E-state index contributed by atoms with van der Waals surface area (Å²) in [6.07, 6.45) is 2.00. The summed E-state index contributed by atoms with van der Waals surface area (Å²) in [5, 5.41) is 14.2. The van der Waals surface area contributed by atoms with Gasteiger partial charge in [-0.15, -0.1) is 0 Å². The van der Waals surface area contributed by atoms with Crippen molar-refractivity contribution in [1.82, 2.24) is 5.32 Å². The maximum absolute atomic E-state index is 11.6. The summed E-state index contributed by atoms with van der Waals surface area (Å²) in [4.78, 5) is 22.4. The number of amides is 2. The molecule has 5 heteroatoms. The molecule has 0 saturated heterocycles. The van der Waals surface area contributed by atoms with E-state index >= 15 is 0 Å². The second-order valence-corrected chi connectivity index (χ2v) is 4.80. The van der Waals surface area contributed by atoms with Crippen molar-refractivity contribution in [2.45, 2.75) is 26.7 Å². The summed E-state index contributed by atoms with van der Waals surface area (Å²) in [6, 6.07) is 5.84. The van der Waals surface area contributed by atoms with E-state index in [1.165, 1.54) is 12.1 Å². The van der Waals surface area contributed by atoms with Gasteiger partial charge in [-0.05, 0) is 37.0 Å². The maximum Gasteiger partial charge on any atom is 0.335 e. The molecule has 19 heavy (non-hydrogen) atoms. The van der Waals surface area contributed by atoms with E-state index in [0.717, 1.165) is 12.8 Å². The largest absolute Gasteiger partial charge is 0.478 e. The number of aromatic carboxylic acids is 1. The Kier molecular flexibility index (Phi) is 5.85. The Balaban J connectivity index is 2.40. The van der Waals surface area contributed by atoms with Gasteiger partial charge in [0.2, 0.25) is 0 Å². The lowest BCUT2D eigenvalue weighted by Gasteiger charge is -2.09. The molecule has 1 rings (SSSR count). The SMILES string of the molecule is CC(C)CCCNC(=O)Nc1cccc(C(=O)O)c1. The molecule has 104 valence electrons. The fourth-order valence-electron chi connectivity index (χ4n) is 1.62. The molecule has 0 spiro atoms. The van der Waals surface area contributed by atoms with Crippen molar-refractivity contribution in [3.8, 4) is 0 Å². The summed E-state index contributed by atoms with van der Waals surface area (Å²) in [6.45, 7) is 4.89. The molecule has 0 aliphatic rings. The van der Waals surface area contributed by atoms with Crippen LogP contribution in [-0.2, 0) is 0 Å². The number of anilines is 1. The van der Waals surface area contributed by atoms with Crippen LogP contribution in [0, 0.1) is 5.92 Å². The molecule has 0 unspecified atom stereocenters. The van der Waals surface area contributed by atoms with Gasteiger partial charge in [0.1, 0.15) is 0 Å². The van der Waals surface area contributed by atoms with Crippen molar-refractivity contribution in [2.75, 3.05) is 11.9 Å². The van der Waals surface area contributed by atoms with Gasteiger partial charge >= 0.3 is 12.0 Å². The number of hydrogen-bond donors (Lipinski definition) is 3. The van der Waals surface area contributed by atoms with Gasteiger partial charge in [-0.1, -0.05) is 19.9 Å². The highest BCUT2D eigenvalue weighted by Gasteiger charge is 2.05. The zero-order valence-electron chi connectivity index (χ0n) is 11.3. The van der Waals surface area contributed by atoms with Crippen molar-refractivity contribution in [3.05, 3.63) is 29.8 Å². The average Bonchev–Trinajstić information content (AvgIpc) is 2.34. The molecule has 0 aromatic heterocycles. The molecular formula is C14H20N2O3. The summed E-state index contributed by atoms with van der Waals surface area (Å²) in [5.41, 5.74) is 0.624. The van der Waals surface area contributed by atoms with Gasteiger partial charge in [-0.2, -0.15) is 0 Å². The molecule has 0 bridgehead atoms. The molecule has 2 amide bonds. The first-order valence-electron chi connectivity index (χ1n) is 6.37. The Morgan fingerprint density at radius 3 is 2.68 bits per heavy atom. The van der Waals surface area contributed by atoms with Crippen LogP contribution in [0.25, 0.3) is 0 Å². The zero-order chi connectivity index (χ0) is 14.3. The summed E-state index contributed by atoms with van der Waals surface area (Å²) < 4.78 is 0. The molecule has 5 nitrogen and oxygen atoms in total. The van der Waals surface area contributed by atoms with Crippen LogP contribution in [0.5, 0.6) is 0 Å². The topological polar surface area (TPSA) is 78.4 Å². The smallest absolute Gasteiger partial charge is 0.335 e. The van der Waals surface area contributed by atoms with Crippen molar-refractivity contribution >= 4 is 17.7 Å². The number of carboxylic acids is 1.